The van der Waals surface area contributed by atoms with Crippen LogP contribution >= 0.6 is 11.8 Å². The van der Waals surface area contributed by atoms with Crippen molar-refractivity contribution in [2.75, 3.05) is 11.5 Å². The quantitative estimate of drug-likeness (QED) is 0.212. The molecule has 0 aliphatic rings. The predicted octanol–water partition coefficient (Wildman–Crippen LogP) is 4.63. The highest BCUT2D eigenvalue weighted by Crippen LogP contribution is 2.29. The Morgan fingerprint density at radius 1 is 1.41 bits per heavy atom. The Hall–Kier alpha value is -2.03. The molecular formula is C13H12F4N2O2S. The first-order valence-corrected chi connectivity index (χ1v) is 6.86. The smallest absolute Gasteiger partial charge is 0.393 e. The van der Waals surface area contributed by atoms with Gasteiger partial charge in [-0.15, -0.1) is 11.8 Å². The van der Waals surface area contributed by atoms with Crippen LogP contribution in [0.1, 0.15) is 6.92 Å². The van der Waals surface area contributed by atoms with E-state index in [4.69, 9.17) is 5.73 Å². The van der Waals surface area contributed by atoms with E-state index >= 15 is 0 Å². The van der Waals surface area contributed by atoms with Crippen LogP contribution in [0.2, 0.25) is 0 Å². The summed E-state index contributed by atoms with van der Waals surface area (Å²) in [6.07, 6.45) is -3.63. The number of halogens is 4. The van der Waals surface area contributed by atoms with Crippen LogP contribution in [0, 0.1) is 10.1 Å². The Morgan fingerprint density at radius 2 is 2.05 bits per heavy atom. The van der Waals surface area contributed by atoms with Crippen LogP contribution in [0.25, 0.3) is 0 Å². The van der Waals surface area contributed by atoms with Gasteiger partial charge < -0.3 is 5.73 Å². The van der Waals surface area contributed by atoms with Crippen molar-refractivity contribution in [2.24, 2.45) is 0 Å². The van der Waals surface area contributed by atoms with E-state index in [9.17, 15) is 27.7 Å². The molecule has 120 valence electrons. The van der Waals surface area contributed by atoms with E-state index in [1.165, 1.54) is 30.8 Å². The van der Waals surface area contributed by atoms with Crippen LogP contribution in [0.3, 0.4) is 0 Å². The fraction of sp³-hybridized carbons (Fsp3) is 0.231. The second kappa shape index (κ2) is 7.30. The number of hydrogen-bond donors (Lipinski definition) is 1. The maximum absolute atomic E-state index is 12.6. The number of nitrogens with two attached hydrogens (primary N) is 1. The van der Waals surface area contributed by atoms with Gasteiger partial charge in [-0.1, -0.05) is 11.6 Å². The Balaban J connectivity index is 2.74. The van der Waals surface area contributed by atoms with Crippen molar-refractivity contribution in [2.45, 2.75) is 18.0 Å². The second-order valence-corrected chi connectivity index (χ2v) is 5.34. The second-order valence-electron chi connectivity index (χ2n) is 4.29. The molecule has 0 unspecified atom stereocenters. The molecule has 4 nitrogen and oxygen atoms in total. The monoisotopic (exact) mass is 336 g/mol. The first kappa shape index (κ1) is 18.0. The molecule has 1 aromatic rings. The summed E-state index contributed by atoms with van der Waals surface area (Å²) < 4.78 is 48.5. The van der Waals surface area contributed by atoms with E-state index in [0.717, 1.165) is 6.08 Å². The zero-order chi connectivity index (χ0) is 16.9. The van der Waals surface area contributed by atoms with Gasteiger partial charge in [-0.25, -0.2) is 4.39 Å². The average Bonchev–Trinajstić information content (AvgIpc) is 2.42. The zero-order valence-electron chi connectivity index (χ0n) is 11.4. The van der Waals surface area contributed by atoms with Crippen molar-refractivity contribution in [3.8, 4) is 0 Å². The molecule has 1 rings (SSSR count). The van der Waals surface area contributed by atoms with Gasteiger partial charge in [-0.3, -0.25) is 10.1 Å². The summed E-state index contributed by atoms with van der Waals surface area (Å²) in [5.74, 6) is -1.93. The van der Waals surface area contributed by atoms with Crippen LogP contribution < -0.4 is 5.73 Å². The number of thioether (sulfide) groups is 1. The van der Waals surface area contributed by atoms with Crippen molar-refractivity contribution in [3.63, 3.8) is 0 Å². The van der Waals surface area contributed by atoms with E-state index in [0.29, 0.717) is 16.5 Å². The van der Waals surface area contributed by atoms with Crippen LogP contribution in [0.15, 0.2) is 46.6 Å². The summed E-state index contributed by atoms with van der Waals surface area (Å²) in [6.45, 7) is 1.53. The number of nitro groups is 1. The fourth-order valence-corrected chi connectivity index (χ4v) is 2.18. The highest BCUT2D eigenvalue weighted by molar-refractivity contribution is 7.99. The SMILES string of the molecule is CC(=CC=C(F)C(F)(F)F)CSc1ccc(N)c([N+](=O)[O-])c1. The van der Waals surface area contributed by atoms with Crippen molar-refractivity contribution >= 4 is 23.1 Å². The summed E-state index contributed by atoms with van der Waals surface area (Å²) in [5.41, 5.74) is 5.71. The van der Waals surface area contributed by atoms with Gasteiger partial charge in [0.15, 0.2) is 0 Å². The normalized spacial score (nSPS) is 13.3. The van der Waals surface area contributed by atoms with E-state index in [-0.39, 0.29) is 17.1 Å². The number of alkyl halides is 3. The first-order valence-electron chi connectivity index (χ1n) is 5.88. The molecule has 0 aliphatic carbocycles. The minimum Gasteiger partial charge on any atom is -0.393 e. The lowest BCUT2D eigenvalue weighted by Gasteiger charge is -2.04. The van der Waals surface area contributed by atoms with Gasteiger partial charge in [-0.2, -0.15) is 13.2 Å². The Bertz CT molecular complexity index is 627. The van der Waals surface area contributed by atoms with Crippen LogP contribution in [-0.4, -0.2) is 16.9 Å². The highest BCUT2D eigenvalue weighted by atomic mass is 32.2. The molecule has 0 amide bonds. The minimum absolute atomic E-state index is 0.0248. The third-order valence-corrected chi connectivity index (χ3v) is 3.64. The maximum atomic E-state index is 12.6. The molecule has 2 N–H and O–H groups in total. The molecule has 0 aliphatic heterocycles. The summed E-state index contributed by atoms with van der Waals surface area (Å²) in [4.78, 5) is 10.6. The number of anilines is 1. The lowest BCUT2D eigenvalue weighted by atomic mass is 10.3. The first-order chi connectivity index (χ1) is 10.1. The van der Waals surface area contributed by atoms with Gasteiger partial charge in [-0.05, 0) is 25.1 Å². The molecule has 22 heavy (non-hydrogen) atoms. The van der Waals surface area contributed by atoms with Crippen molar-refractivity contribution in [1.82, 2.24) is 0 Å². The van der Waals surface area contributed by atoms with Crippen LogP contribution in [0.4, 0.5) is 28.9 Å². The predicted molar refractivity (Wildman–Crippen MR) is 77.2 cm³/mol. The summed E-state index contributed by atoms with van der Waals surface area (Å²) in [5, 5.41) is 10.7. The lowest BCUT2D eigenvalue weighted by molar-refractivity contribution is -0.384. The standard InChI is InChI=1S/C13H12F4N2O2S/c1-8(2-5-12(14)13(15,16)17)7-22-9-3-4-10(18)11(6-9)19(20)21/h2-6H,7,18H2,1H3. The molecule has 0 aromatic heterocycles. The molecule has 0 radical (unpaired) electrons. The Labute approximate surface area is 127 Å². The molecule has 0 fully saturated rings. The number of hydrogen-bond acceptors (Lipinski definition) is 4. The van der Waals surface area contributed by atoms with Crippen LogP contribution in [-0.2, 0) is 0 Å². The molecule has 0 saturated heterocycles. The molecule has 0 saturated carbocycles. The topological polar surface area (TPSA) is 69.2 Å². The maximum Gasteiger partial charge on any atom is 0.442 e. The average molecular weight is 336 g/mol. The zero-order valence-corrected chi connectivity index (χ0v) is 12.2. The van der Waals surface area contributed by atoms with Crippen molar-refractivity contribution < 1.29 is 22.5 Å². The molecular weight excluding hydrogens is 324 g/mol. The molecule has 0 spiro atoms. The number of rotatable bonds is 5. The molecule has 0 atom stereocenters. The Kier molecular flexibility index (Phi) is 5.98. The molecule has 0 bridgehead atoms. The van der Waals surface area contributed by atoms with E-state index < -0.39 is 16.9 Å². The number of benzene rings is 1. The van der Waals surface area contributed by atoms with Gasteiger partial charge in [0.25, 0.3) is 5.69 Å². The van der Waals surface area contributed by atoms with Gasteiger partial charge in [0.05, 0.1) is 4.92 Å². The summed E-state index contributed by atoms with van der Waals surface area (Å²) in [6, 6.07) is 4.22. The third kappa shape index (κ3) is 5.40. The van der Waals surface area contributed by atoms with Gasteiger partial charge >= 0.3 is 6.18 Å². The van der Waals surface area contributed by atoms with Crippen LogP contribution in [0.5, 0.6) is 0 Å². The fourth-order valence-electron chi connectivity index (χ4n) is 1.33. The molecule has 0 heterocycles. The largest absolute Gasteiger partial charge is 0.442 e. The summed E-state index contributed by atoms with van der Waals surface area (Å²) in [7, 11) is 0. The van der Waals surface area contributed by atoms with Gasteiger partial charge in [0, 0.05) is 16.7 Å². The van der Waals surface area contributed by atoms with E-state index in [2.05, 4.69) is 0 Å². The summed E-state index contributed by atoms with van der Waals surface area (Å²) >= 11 is 1.17. The highest BCUT2D eigenvalue weighted by Gasteiger charge is 2.33. The molecule has 9 heteroatoms. The molecule has 1 aromatic carbocycles. The number of nitro benzene ring substituents is 1. The van der Waals surface area contributed by atoms with E-state index in [1.54, 1.807) is 6.07 Å². The number of nitrogens with zero attached hydrogens (tertiary/aromatic N) is 1. The Morgan fingerprint density at radius 3 is 2.59 bits per heavy atom. The lowest BCUT2D eigenvalue weighted by Crippen LogP contribution is -2.07. The van der Waals surface area contributed by atoms with E-state index in [1.807, 2.05) is 0 Å². The number of nitrogen functional groups attached to an aromatic ring is 1. The van der Waals surface area contributed by atoms with Crippen molar-refractivity contribution in [3.05, 3.63) is 51.9 Å². The van der Waals surface area contributed by atoms with Gasteiger partial charge in [0.1, 0.15) is 5.69 Å². The third-order valence-electron chi connectivity index (χ3n) is 2.45. The minimum atomic E-state index is -5.00. The number of allylic oxidation sites excluding steroid dienone is 3. The van der Waals surface area contributed by atoms with Gasteiger partial charge in [0.2, 0.25) is 5.83 Å². The van der Waals surface area contributed by atoms with Crippen molar-refractivity contribution in [1.29, 1.82) is 0 Å².